The van der Waals surface area contributed by atoms with Crippen molar-refractivity contribution in [3.05, 3.63) is 35.3 Å². The number of hydrogen-bond acceptors (Lipinski definition) is 6. The Kier molecular flexibility index (Phi) is 4.59. The third kappa shape index (κ3) is 3.48. The zero-order valence-corrected chi connectivity index (χ0v) is 15.0. The van der Waals surface area contributed by atoms with Crippen LogP contribution in [0, 0.1) is 0 Å². The number of nitrogens with zero attached hydrogens (tertiary/aromatic N) is 3. The Labute approximate surface area is 151 Å². The summed E-state index contributed by atoms with van der Waals surface area (Å²) in [6, 6.07) is 7.69. The fourth-order valence-corrected chi connectivity index (χ4v) is 4.03. The second-order valence-corrected chi connectivity index (χ2v) is 7.13. The summed E-state index contributed by atoms with van der Waals surface area (Å²) in [6.07, 6.45) is 0.292. The van der Waals surface area contributed by atoms with Crippen LogP contribution in [0.25, 0.3) is 0 Å². The van der Waals surface area contributed by atoms with E-state index in [0.717, 1.165) is 48.6 Å². The Morgan fingerprint density at radius 2 is 2.12 bits per heavy atom. The summed E-state index contributed by atoms with van der Waals surface area (Å²) in [6.45, 7) is 5.73. The van der Waals surface area contributed by atoms with Crippen LogP contribution in [0.4, 0.5) is 10.8 Å². The number of fused-ring (bicyclic) bond motifs is 1. The number of carbonyl (C=O) groups is 1. The number of ether oxygens (including phenoxy) is 2. The van der Waals surface area contributed by atoms with Crippen molar-refractivity contribution in [1.29, 1.82) is 0 Å². The van der Waals surface area contributed by atoms with E-state index < -0.39 is 0 Å². The van der Waals surface area contributed by atoms with Gasteiger partial charge in [-0.1, -0.05) is 12.1 Å². The largest absolute Gasteiger partial charge is 0.487 e. The minimum atomic E-state index is -0.0156. The molecule has 1 aromatic carbocycles. The zero-order valence-electron chi connectivity index (χ0n) is 14.2. The molecule has 2 aromatic rings. The molecule has 0 spiro atoms. The Morgan fingerprint density at radius 1 is 1.32 bits per heavy atom. The van der Waals surface area contributed by atoms with Gasteiger partial charge in [0.15, 0.2) is 5.13 Å². The summed E-state index contributed by atoms with van der Waals surface area (Å²) < 4.78 is 11.2. The number of carbonyl (C=O) groups excluding carboxylic acids is 1. The first-order valence-electron chi connectivity index (χ1n) is 8.54. The Balaban J connectivity index is 1.48. The van der Waals surface area contributed by atoms with Gasteiger partial charge in [0, 0.05) is 18.5 Å². The van der Waals surface area contributed by atoms with Crippen molar-refractivity contribution in [1.82, 2.24) is 4.98 Å². The lowest BCUT2D eigenvalue weighted by molar-refractivity contribution is -0.118. The van der Waals surface area contributed by atoms with E-state index in [1.807, 2.05) is 41.5 Å². The van der Waals surface area contributed by atoms with Gasteiger partial charge in [-0.2, -0.15) is 0 Å². The van der Waals surface area contributed by atoms with Crippen molar-refractivity contribution in [2.24, 2.45) is 0 Å². The molecule has 1 atom stereocenters. The van der Waals surface area contributed by atoms with Crippen LogP contribution in [0.3, 0.4) is 0 Å². The van der Waals surface area contributed by atoms with Crippen molar-refractivity contribution in [3.63, 3.8) is 0 Å². The van der Waals surface area contributed by atoms with Crippen LogP contribution in [0.5, 0.6) is 5.75 Å². The van der Waals surface area contributed by atoms with E-state index in [-0.39, 0.29) is 12.0 Å². The number of para-hydroxylation sites is 2. The number of morpholine rings is 1. The summed E-state index contributed by atoms with van der Waals surface area (Å²) in [5.41, 5.74) is 1.67. The molecule has 4 rings (SSSR count). The smallest absolute Gasteiger partial charge is 0.233 e. The number of rotatable bonds is 3. The molecule has 0 saturated carbocycles. The molecule has 1 fully saturated rings. The van der Waals surface area contributed by atoms with Gasteiger partial charge in [-0.25, -0.2) is 4.98 Å². The van der Waals surface area contributed by atoms with Gasteiger partial charge >= 0.3 is 0 Å². The van der Waals surface area contributed by atoms with Gasteiger partial charge in [0.2, 0.25) is 5.91 Å². The van der Waals surface area contributed by atoms with Crippen LogP contribution in [-0.4, -0.2) is 49.8 Å². The highest BCUT2D eigenvalue weighted by Gasteiger charge is 2.28. The number of hydrogen-bond donors (Lipinski definition) is 0. The van der Waals surface area contributed by atoms with Crippen LogP contribution in [-0.2, 0) is 16.0 Å². The van der Waals surface area contributed by atoms with Crippen LogP contribution < -0.4 is 14.5 Å². The van der Waals surface area contributed by atoms with Gasteiger partial charge in [0.1, 0.15) is 11.9 Å². The van der Waals surface area contributed by atoms with Gasteiger partial charge in [0.05, 0.1) is 37.6 Å². The van der Waals surface area contributed by atoms with E-state index in [1.54, 1.807) is 11.3 Å². The number of thiazole rings is 1. The molecule has 2 aliphatic rings. The number of aromatic nitrogens is 1. The van der Waals surface area contributed by atoms with Gasteiger partial charge in [0.25, 0.3) is 0 Å². The minimum Gasteiger partial charge on any atom is -0.487 e. The van der Waals surface area contributed by atoms with E-state index in [0.29, 0.717) is 13.0 Å². The predicted molar refractivity (Wildman–Crippen MR) is 97.7 cm³/mol. The molecule has 1 saturated heterocycles. The van der Waals surface area contributed by atoms with E-state index in [2.05, 4.69) is 9.88 Å². The van der Waals surface area contributed by atoms with Crippen LogP contribution >= 0.6 is 11.3 Å². The molecule has 0 bridgehead atoms. The molecule has 1 aromatic heterocycles. The molecule has 7 heteroatoms. The normalized spacial score (nSPS) is 20.1. The standard InChI is InChI=1S/C18H21N3O3S/c1-13-11-21(15-4-2-3-5-16(15)24-13)17(22)10-14-12-25-18(19-14)20-6-8-23-9-7-20/h2-5,12-13H,6-11H2,1H3. The van der Waals surface area contributed by atoms with Gasteiger partial charge < -0.3 is 19.3 Å². The van der Waals surface area contributed by atoms with E-state index in [4.69, 9.17) is 9.47 Å². The molecule has 1 unspecified atom stereocenters. The van der Waals surface area contributed by atoms with E-state index >= 15 is 0 Å². The van der Waals surface area contributed by atoms with Crippen molar-refractivity contribution < 1.29 is 14.3 Å². The fourth-order valence-electron chi connectivity index (χ4n) is 3.15. The number of amides is 1. The Hall–Kier alpha value is -2.12. The highest BCUT2D eigenvalue weighted by molar-refractivity contribution is 7.13. The molecule has 25 heavy (non-hydrogen) atoms. The molecular formula is C18H21N3O3S. The third-order valence-electron chi connectivity index (χ3n) is 4.38. The topological polar surface area (TPSA) is 54.9 Å². The molecule has 0 N–H and O–H groups in total. The molecule has 0 aliphatic carbocycles. The number of benzene rings is 1. The molecule has 132 valence electrons. The fraction of sp³-hybridized carbons (Fsp3) is 0.444. The highest BCUT2D eigenvalue weighted by Crippen LogP contribution is 2.33. The molecular weight excluding hydrogens is 338 g/mol. The summed E-state index contributed by atoms with van der Waals surface area (Å²) >= 11 is 1.59. The van der Waals surface area contributed by atoms with Gasteiger partial charge in [-0.15, -0.1) is 11.3 Å². The summed E-state index contributed by atoms with van der Waals surface area (Å²) in [5.74, 6) is 0.823. The molecule has 2 aliphatic heterocycles. The van der Waals surface area contributed by atoms with Crippen molar-refractivity contribution >= 4 is 28.1 Å². The SMILES string of the molecule is CC1CN(C(=O)Cc2csc(N3CCOCC3)n2)c2ccccc2O1. The summed E-state index contributed by atoms with van der Waals surface area (Å²) in [7, 11) is 0. The molecule has 3 heterocycles. The average molecular weight is 359 g/mol. The van der Waals surface area contributed by atoms with Gasteiger partial charge in [-0.05, 0) is 19.1 Å². The maximum Gasteiger partial charge on any atom is 0.233 e. The third-order valence-corrected chi connectivity index (χ3v) is 5.33. The predicted octanol–water partition coefficient (Wildman–Crippen LogP) is 2.34. The van der Waals surface area contributed by atoms with Gasteiger partial charge in [-0.3, -0.25) is 4.79 Å². The van der Waals surface area contributed by atoms with Crippen molar-refractivity contribution in [3.8, 4) is 5.75 Å². The molecule has 6 nitrogen and oxygen atoms in total. The minimum absolute atomic E-state index is 0.0156. The first-order valence-corrected chi connectivity index (χ1v) is 9.42. The Bertz CT molecular complexity index is 758. The van der Waals surface area contributed by atoms with Crippen LogP contribution in [0.2, 0.25) is 0 Å². The molecule has 1 amide bonds. The van der Waals surface area contributed by atoms with E-state index in [9.17, 15) is 4.79 Å². The maximum atomic E-state index is 12.9. The number of anilines is 2. The van der Waals surface area contributed by atoms with Crippen LogP contribution in [0.1, 0.15) is 12.6 Å². The zero-order chi connectivity index (χ0) is 17.2. The average Bonchev–Trinajstić information content (AvgIpc) is 3.10. The first-order chi connectivity index (χ1) is 12.2. The summed E-state index contributed by atoms with van der Waals surface area (Å²) in [5, 5.41) is 2.96. The monoisotopic (exact) mass is 359 g/mol. The highest BCUT2D eigenvalue weighted by atomic mass is 32.1. The lowest BCUT2D eigenvalue weighted by Crippen LogP contribution is -2.43. The second kappa shape index (κ2) is 7.01. The second-order valence-electron chi connectivity index (χ2n) is 6.30. The maximum absolute atomic E-state index is 12.9. The first kappa shape index (κ1) is 16.4. The van der Waals surface area contributed by atoms with E-state index in [1.165, 1.54) is 0 Å². The lowest BCUT2D eigenvalue weighted by atomic mass is 10.1. The molecule has 0 radical (unpaired) electrons. The lowest BCUT2D eigenvalue weighted by Gasteiger charge is -2.33. The Morgan fingerprint density at radius 3 is 2.96 bits per heavy atom. The van der Waals surface area contributed by atoms with Crippen LogP contribution in [0.15, 0.2) is 29.6 Å². The van der Waals surface area contributed by atoms with Crippen molar-refractivity contribution in [2.45, 2.75) is 19.4 Å². The quantitative estimate of drug-likeness (QED) is 0.842. The summed E-state index contributed by atoms with van der Waals surface area (Å²) in [4.78, 5) is 21.5. The van der Waals surface area contributed by atoms with Crippen molar-refractivity contribution in [2.75, 3.05) is 42.6 Å².